The minimum absolute atomic E-state index is 0.139. The van der Waals surface area contributed by atoms with E-state index in [0.29, 0.717) is 10.6 Å². The quantitative estimate of drug-likeness (QED) is 0.393. The van der Waals surface area contributed by atoms with E-state index in [2.05, 4.69) is 0 Å². The number of hydrogen-bond donors (Lipinski definition) is 0. The molecule has 1 aromatic carbocycles. The second kappa shape index (κ2) is 9.11. The van der Waals surface area contributed by atoms with Gasteiger partial charge < -0.3 is 13.8 Å². The van der Waals surface area contributed by atoms with Crippen molar-refractivity contribution in [2.24, 2.45) is 0 Å². The third-order valence-electron chi connectivity index (χ3n) is 2.53. The van der Waals surface area contributed by atoms with Crippen LogP contribution in [-0.2, 0) is 23.1 Å². The van der Waals surface area contributed by atoms with Crippen molar-refractivity contribution >= 4 is 31.2 Å². The Morgan fingerprint density at radius 3 is 2.32 bits per heavy atom. The van der Waals surface area contributed by atoms with Crippen molar-refractivity contribution in [2.45, 2.75) is 20.8 Å². The van der Waals surface area contributed by atoms with Gasteiger partial charge in [0.15, 0.2) is 0 Å². The average Bonchev–Trinajstić information content (AvgIpc) is 2.45. The van der Waals surface area contributed by atoms with Gasteiger partial charge in [-0.1, -0.05) is 23.7 Å². The maximum atomic E-state index is 12.9. The lowest BCUT2D eigenvalue weighted by Gasteiger charge is -2.19. The summed E-state index contributed by atoms with van der Waals surface area (Å²) in [7, 11) is -3.75. The van der Waals surface area contributed by atoms with E-state index in [1.807, 2.05) is 0 Å². The minimum Gasteiger partial charge on any atom is -0.462 e. The lowest BCUT2D eigenvalue weighted by molar-refractivity contribution is -0.137. The van der Waals surface area contributed by atoms with Crippen molar-refractivity contribution in [1.29, 1.82) is 0 Å². The monoisotopic (exact) mass is 346 g/mol. The summed E-state index contributed by atoms with van der Waals surface area (Å²) in [5.74, 6) is -0.729. The lowest BCUT2D eigenvalue weighted by Crippen LogP contribution is -2.11. The van der Waals surface area contributed by atoms with Gasteiger partial charge in [-0.25, -0.2) is 4.79 Å². The number of ether oxygens (including phenoxy) is 1. The molecule has 5 nitrogen and oxygen atoms in total. The van der Waals surface area contributed by atoms with Crippen LogP contribution in [0, 0.1) is 0 Å². The van der Waals surface area contributed by atoms with Gasteiger partial charge in [0, 0.05) is 5.02 Å². The molecule has 0 fully saturated rings. The van der Waals surface area contributed by atoms with E-state index < -0.39 is 13.6 Å². The average molecular weight is 347 g/mol. The van der Waals surface area contributed by atoms with Crippen LogP contribution >= 0.6 is 19.2 Å². The van der Waals surface area contributed by atoms with Crippen LogP contribution in [0.5, 0.6) is 0 Å². The second-order valence-electron chi connectivity index (χ2n) is 4.14. The molecule has 0 spiro atoms. The van der Waals surface area contributed by atoms with E-state index in [-0.39, 0.29) is 25.1 Å². The minimum atomic E-state index is -3.75. The normalized spacial score (nSPS) is 12.3. The Labute approximate surface area is 135 Å². The highest BCUT2D eigenvalue weighted by molar-refractivity contribution is 7.60. The molecule has 0 unspecified atom stereocenters. The highest BCUT2D eigenvalue weighted by Gasteiger charge is 2.36. The van der Waals surface area contributed by atoms with Gasteiger partial charge in [0.25, 0.3) is 0 Å². The van der Waals surface area contributed by atoms with E-state index in [1.165, 1.54) is 6.08 Å². The fourth-order valence-electron chi connectivity index (χ4n) is 1.73. The first-order valence-corrected chi connectivity index (χ1v) is 8.93. The Morgan fingerprint density at radius 1 is 1.18 bits per heavy atom. The van der Waals surface area contributed by atoms with Crippen LogP contribution in [0.25, 0.3) is 6.08 Å². The summed E-state index contributed by atoms with van der Waals surface area (Å²) in [6.07, 6.45) is 1.43. The zero-order chi connectivity index (χ0) is 16.6. The summed E-state index contributed by atoms with van der Waals surface area (Å²) in [6, 6.07) is 6.80. The van der Waals surface area contributed by atoms with Crippen LogP contribution in [-0.4, -0.2) is 25.8 Å². The molecule has 0 aliphatic heterocycles. The lowest BCUT2D eigenvalue weighted by atomic mass is 10.2. The Balaban J connectivity index is 3.33. The number of halogens is 1. The van der Waals surface area contributed by atoms with Crippen LogP contribution in [0.4, 0.5) is 0 Å². The molecule has 122 valence electrons. The summed E-state index contributed by atoms with van der Waals surface area (Å²) in [4.78, 5) is 12.2. The maximum Gasteiger partial charge on any atom is 0.368 e. The third kappa shape index (κ3) is 5.25. The van der Waals surface area contributed by atoms with Crippen molar-refractivity contribution in [3.05, 3.63) is 40.2 Å². The number of esters is 1. The van der Waals surface area contributed by atoms with E-state index in [1.54, 1.807) is 45.0 Å². The number of benzene rings is 1. The largest absolute Gasteiger partial charge is 0.462 e. The summed E-state index contributed by atoms with van der Waals surface area (Å²) < 4.78 is 28.3. The smallest absolute Gasteiger partial charge is 0.368 e. The fourth-order valence-corrected chi connectivity index (χ4v) is 3.55. The predicted octanol–water partition coefficient (Wildman–Crippen LogP) is 4.51. The summed E-state index contributed by atoms with van der Waals surface area (Å²) in [5, 5.41) is 0.361. The molecule has 7 heteroatoms. The van der Waals surface area contributed by atoms with Crippen molar-refractivity contribution in [3.8, 4) is 0 Å². The van der Waals surface area contributed by atoms with Crippen LogP contribution in [0.15, 0.2) is 29.6 Å². The van der Waals surface area contributed by atoms with Crippen LogP contribution in [0.2, 0.25) is 5.02 Å². The van der Waals surface area contributed by atoms with Crippen molar-refractivity contribution in [1.82, 2.24) is 0 Å². The molecular formula is C15H20ClO5P. The number of carbonyl (C=O) groups is 1. The molecule has 0 bridgehead atoms. The number of carbonyl (C=O) groups excluding carboxylic acids is 1. The van der Waals surface area contributed by atoms with Gasteiger partial charge in [0.2, 0.25) is 0 Å². The summed E-state index contributed by atoms with van der Waals surface area (Å²) in [5.41, 5.74) is 0.607. The molecule has 0 radical (unpaired) electrons. The predicted molar refractivity (Wildman–Crippen MR) is 86.9 cm³/mol. The molecule has 0 aliphatic carbocycles. The third-order valence-corrected chi connectivity index (χ3v) is 4.86. The van der Waals surface area contributed by atoms with Gasteiger partial charge >= 0.3 is 13.6 Å². The maximum absolute atomic E-state index is 12.9. The summed E-state index contributed by atoms with van der Waals surface area (Å²) >= 11 is 5.93. The molecule has 1 rings (SSSR count). The zero-order valence-corrected chi connectivity index (χ0v) is 14.5. The van der Waals surface area contributed by atoms with Crippen LogP contribution in [0.3, 0.4) is 0 Å². The Bertz CT molecular complexity index is 575. The Hall–Kier alpha value is -1.13. The van der Waals surface area contributed by atoms with E-state index in [9.17, 15) is 9.36 Å². The molecule has 0 atom stereocenters. The molecule has 22 heavy (non-hydrogen) atoms. The molecule has 0 amide bonds. The fraction of sp³-hybridized carbons (Fsp3) is 0.400. The molecule has 0 saturated carbocycles. The molecule has 0 aliphatic rings. The Morgan fingerprint density at radius 2 is 1.82 bits per heavy atom. The van der Waals surface area contributed by atoms with Gasteiger partial charge in [-0.2, -0.15) is 0 Å². The van der Waals surface area contributed by atoms with Crippen LogP contribution in [0.1, 0.15) is 26.3 Å². The molecule has 0 heterocycles. The molecule has 0 N–H and O–H groups in total. The number of hydrogen-bond acceptors (Lipinski definition) is 5. The standard InChI is InChI=1S/C15H20ClO5P/c1-4-19-15(17)14(22(18,20-5-2)21-6-3)11-12-8-7-9-13(16)10-12/h7-11H,4-6H2,1-3H3/b14-11-. The zero-order valence-electron chi connectivity index (χ0n) is 12.9. The highest BCUT2D eigenvalue weighted by Crippen LogP contribution is 2.57. The van der Waals surface area contributed by atoms with Gasteiger partial charge in [0.1, 0.15) is 5.31 Å². The van der Waals surface area contributed by atoms with Gasteiger partial charge in [-0.3, -0.25) is 4.57 Å². The van der Waals surface area contributed by atoms with E-state index in [4.69, 9.17) is 25.4 Å². The van der Waals surface area contributed by atoms with Crippen molar-refractivity contribution in [3.63, 3.8) is 0 Å². The molecular weight excluding hydrogens is 327 g/mol. The topological polar surface area (TPSA) is 61.8 Å². The van der Waals surface area contributed by atoms with Crippen molar-refractivity contribution in [2.75, 3.05) is 19.8 Å². The first kappa shape index (κ1) is 18.9. The highest BCUT2D eigenvalue weighted by atomic mass is 35.5. The first-order valence-electron chi connectivity index (χ1n) is 7.00. The second-order valence-corrected chi connectivity index (χ2v) is 6.57. The van der Waals surface area contributed by atoms with E-state index >= 15 is 0 Å². The van der Waals surface area contributed by atoms with Crippen LogP contribution < -0.4 is 0 Å². The first-order chi connectivity index (χ1) is 10.5. The SMILES string of the molecule is CCOC(=O)/C(=C/c1cccc(Cl)c1)P(=O)(OCC)OCC. The van der Waals surface area contributed by atoms with Gasteiger partial charge in [-0.15, -0.1) is 0 Å². The van der Waals surface area contributed by atoms with Gasteiger partial charge in [0.05, 0.1) is 19.8 Å². The summed E-state index contributed by atoms with van der Waals surface area (Å²) in [6.45, 7) is 5.46. The Kier molecular flexibility index (Phi) is 7.83. The molecule has 0 aromatic heterocycles. The number of rotatable bonds is 8. The van der Waals surface area contributed by atoms with E-state index in [0.717, 1.165) is 0 Å². The van der Waals surface area contributed by atoms with Gasteiger partial charge in [-0.05, 0) is 44.5 Å². The molecule has 0 saturated heterocycles. The van der Waals surface area contributed by atoms with Crippen molar-refractivity contribution < 1.29 is 23.1 Å². The molecule has 1 aromatic rings.